The number of nitrogens with zero attached hydrogens (tertiary/aromatic N) is 2. The van der Waals surface area contributed by atoms with Crippen molar-refractivity contribution in [1.82, 2.24) is 4.98 Å². The molecule has 0 saturated carbocycles. The van der Waals surface area contributed by atoms with Gasteiger partial charge in [0.15, 0.2) is 0 Å². The van der Waals surface area contributed by atoms with Crippen molar-refractivity contribution < 1.29 is 13.2 Å². The van der Waals surface area contributed by atoms with Gasteiger partial charge in [-0.25, -0.2) is 4.98 Å². The molecule has 0 radical (unpaired) electrons. The van der Waals surface area contributed by atoms with Crippen molar-refractivity contribution in [3.05, 3.63) is 47.7 Å². The third-order valence-corrected chi connectivity index (χ3v) is 2.51. The zero-order valence-corrected chi connectivity index (χ0v) is 10.1. The van der Waals surface area contributed by atoms with Crippen LogP contribution in [0.3, 0.4) is 0 Å². The maximum atomic E-state index is 12.9. The van der Waals surface area contributed by atoms with E-state index >= 15 is 0 Å². The Morgan fingerprint density at radius 2 is 1.95 bits per heavy atom. The lowest BCUT2D eigenvalue weighted by atomic mass is 10.1. The fourth-order valence-corrected chi connectivity index (χ4v) is 1.63. The second-order valence-electron chi connectivity index (χ2n) is 3.94. The van der Waals surface area contributed by atoms with E-state index in [-0.39, 0.29) is 22.8 Å². The fraction of sp³-hybridized carbons (Fsp3) is 0.0769. The van der Waals surface area contributed by atoms with Crippen molar-refractivity contribution in [3.8, 4) is 6.07 Å². The van der Waals surface area contributed by atoms with Gasteiger partial charge in [0.05, 0.1) is 28.7 Å². The maximum absolute atomic E-state index is 12.9. The monoisotopic (exact) mass is 278 g/mol. The molecular formula is C13H9F3N4. The largest absolute Gasteiger partial charge is 0.418 e. The number of para-hydroxylation sites is 1. The van der Waals surface area contributed by atoms with Crippen LogP contribution in [0.4, 0.5) is 30.4 Å². The van der Waals surface area contributed by atoms with Crippen LogP contribution < -0.4 is 11.1 Å². The molecule has 20 heavy (non-hydrogen) atoms. The van der Waals surface area contributed by atoms with Gasteiger partial charge in [-0.3, -0.25) is 0 Å². The number of aromatic nitrogens is 1. The van der Waals surface area contributed by atoms with Crippen LogP contribution >= 0.6 is 0 Å². The molecule has 2 aromatic rings. The molecular weight excluding hydrogens is 269 g/mol. The van der Waals surface area contributed by atoms with Crippen molar-refractivity contribution in [2.24, 2.45) is 0 Å². The number of halogens is 3. The summed E-state index contributed by atoms with van der Waals surface area (Å²) in [5, 5.41) is 11.5. The Hall–Kier alpha value is -2.75. The molecule has 1 heterocycles. The predicted molar refractivity (Wildman–Crippen MR) is 68.1 cm³/mol. The predicted octanol–water partition coefficient (Wildman–Crippen LogP) is 3.30. The van der Waals surface area contributed by atoms with E-state index in [1.807, 2.05) is 6.07 Å². The van der Waals surface area contributed by atoms with Gasteiger partial charge in [0.2, 0.25) is 0 Å². The van der Waals surface area contributed by atoms with E-state index < -0.39 is 11.7 Å². The number of nitrogens with two attached hydrogens (primary N) is 1. The Kier molecular flexibility index (Phi) is 3.48. The minimum atomic E-state index is -4.50. The third kappa shape index (κ3) is 2.80. The first kappa shape index (κ1) is 13.7. The van der Waals surface area contributed by atoms with Gasteiger partial charge in [-0.05, 0) is 18.2 Å². The molecule has 0 aliphatic carbocycles. The lowest BCUT2D eigenvalue weighted by Gasteiger charge is -2.14. The van der Waals surface area contributed by atoms with Gasteiger partial charge in [-0.15, -0.1) is 0 Å². The highest BCUT2D eigenvalue weighted by molar-refractivity contribution is 5.67. The lowest BCUT2D eigenvalue weighted by molar-refractivity contribution is -0.136. The van der Waals surface area contributed by atoms with Crippen LogP contribution in [0.5, 0.6) is 0 Å². The molecule has 1 aromatic heterocycles. The van der Waals surface area contributed by atoms with Gasteiger partial charge in [-0.1, -0.05) is 12.1 Å². The zero-order valence-electron chi connectivity index (χ0n) is 10.1. The number of nitrogens with one attached hydrogen (secondary N) is 1. The van der Waals surface area contributed by atoms with Crippen LogP contribution in [-0.4, -0.2) is 4.98 Å². The zero-order chi connectivity index (χ0) is 14.8. The van der Waals surface area contributed by atoms with E-state index in [1.165, 1.54) is 30.5 Å². The topological polar surface area (TPSA) is 74.7 Å². The Balaban J connectivity index is 2.44. The molecule has 4 nitrogen and oxygen atoms in total. The summed E-state index contributed by atoms with van der Waals surface area (Å²) in [7, 11) is 0. The highest BCUT2D eigenvalue weighted by atomic mass is 19.4. The molecule has 0 unspecified atom stereocenters. The minimum Gasteiger partial charge on any atom is -0.397 e. The molecule has 0 amide bonds. The molecule has 0 saturated heterocycles. The number of hydrogen-bond donors (Lipinski definition) is 2. The number of anilines is 3. The van der Waals surface area contributed by atoms with E-state index in [1.54, 1.807) is 0 Å². The molecule has 0 aliphatic rings. The van der Waals surface area contributed by atoms with Gasteiger partial charge < -0.3 is 11.1 Å². The van der Waals surface area contributed by atoms with Gasteiger partial charge >= 0.3 is 6.18 Å². The van der Waals surface area contributed by atoms with Gasteiger partial charge in [0.25, 0.3) is 0 Å². The molecule has 102 valence electrons. The molecule has 0 aliphatic heterocycles. The molecule has 0 spiro atoms. The first-order valence-corrected chi connectivity index (χ1v) is 5.50. The van der Waals surface area contributed by atoms with Crippen molar-refractivity contribution in [2.45, 2.75) is 6.18 Å². The van der Waals surface area contributed by atoms with Crippen LogP contribution in [0.15, 0.2) is 36.5 Å². The Morgan fingerprint density at radius 1 is 1.25 bits per heavy atom. The van der Waals surface area contributed by atoms with Crippen molar-refractivity contribution in [2.75, 3.05) is 11.1 Å². The molecule has 1 aromatic carbocycles. The average molecular weight is 278 g/mol. The summed E-state index contributed by atoms with van der Waals surface area (Å²) in [5.41, 5.74) is 4.80. The Morgan fingerprint density at radius 3 is 2.60 bits per heavy atom. The third-order valence-electron chi connectivity index (χ3n) is 2.51. The summed E-state index contributed by atoms with van der Waals surface area (Å²) < 4.78 is 38.6. The number of rotatable bonds is 2. The number of pyridine rings is 1. The van der Waals surface area contributed by atoms with Crippen molar-refractivity contribution in [1.29, 1.82) is 5.26 Å². The van der Waals surface area contributed by atoms with Gasteiger partial charge in [0.1, 0.15) is 11.9 Å². The number of alkyl halides is 3. The van der Waals surface area contributed by atoms with Crippen molar-refractivity contribution in [3.63, 3.8) is 0 Å². The van der Waals surface area contributed by atoms with E-state index in [2.05, 4.69) is 10.3 Å². The standard InChI is InChI=1S/C13H9F3N4/c14-13(15,16)10-3-1-2-4-11(10)20-12-8(6-17)5-9(18)7-19-12/h1-5,7H,18H2,(H,19,20). The van der Waals surface area contributed by atoms with E-state index in [0.29, 0.717) is 0 Å². The number of nitriles is 1. The van der Waals surface area contributed by atoms with Crippen LogP contribution in [-0.2, 0) is 6.18 Å². The SMILES string of the molecule is N#Cc1cc(N)cnc1Nc1ccccc1C(F)(F)F. The van der Waals surface area contributed by atoms with E-state index in [9.17, 15) is 13.2 Å². The summed E-state index contributed by atoms with van der Waals surface area (Å²) in [5.74, 6) is 0.0263. The van der Waals surface area contributed by atoms with Crippen LogP contribution in [0.25, 0.3) is 0 Å². The summed E-state index contributed by atoms with van der Waals surface area (Å²) in [6.45, 7) is 0. The smallest absolute Gasteiger partial charge is 0.397 e. The molecule has 2 rings (SSSR count). The second-order valence-corrected chi connectivity index (χ2v) is 3.94. The molecule has 0 bridgehead atoms. The number of benzene rings is 1. The average Bonchev–Trinajstić information content (AvgIpc) is 2.40. The molecule has 7 heteroatoms. The second kappa shape index (κ2) is 5.09. The van der Waals surface area contributed by atoms with Gasteiger partial charge in [0, 0.05) is 0 Å². The summed E-state index contributed by atoms with van der Waals surface area (Å²) >= 11 is 0. The summed E-state index contributed by atoms with van der Waals surface area (Å²) in [6.07, 6.45) is -3.23. The molecule has 3 N–H and O–H groups in total. The summed E-state index contributed by atoms with van der Waals surface area (Å²) in [4.78, 5) is 3.84. The Bertz CT molecular complexity index is 674. The molecule has 0 fully saturated rings. The number of nitrogen functional groups attached to an aromatic ring is 1. The highest BCUT2D eigenvalue weighted by Crippen LogP contribution is 2.36. The van der Waals surface area contributed by atoms with Crippen LogP contribution in [0, 0.1) is 11.3 Å². The first-order valence-electron chi connectivity index (χ1n) is 5.50. The maximum Gasteiger partial charge on any atom is 0.418 e. The van der Waals surface area contributed by atoms with Crippen molar-refractivity contribution >= 4 is 17.2 Å². The van der Waals surface area contributed by atoms with Crippen LogP contribution in [0.2, 0.25) is 0 Å². The quantitative estimate of drug-likeness (QED) is 0.883. The number of hydrogen-bond acceptors (Lipinski definition) is 4. The highest BCUT2D eigenvalue weighted by Gasteiger charge is 2.33. The minimum absolute atomic E-state index is 0.0263. The fourth-order valence-electron chi connectivity index (χ4n) is 1.63. The summed E-state index contributed by atoms with van der Waals surface area (Å²) in [6, 6.07) is 8.13. The Labute approximate surface area is 112 Å². The lowest BCUT2D eigenvalue weighted by Crippen LogP contribution is -2.09. The normalized spacial score (nSPS) is 10.9. The first-order chi connectivity index (χ1) is 9.41. The van der Waals surface area contributed by atoms with Gasteiger partial charge in [-0.2, -0.15) is 18.4 Å². The van der Waals surface area contributed by atoms with E-state index in [0.717, 1.165) is 6.07 Å². The molecule has 0 atom stereocenters. The van der Waals surface area contributed by atoms with E-state index in [4.69, 9.17) is 11.0 Å². The van der Waals surface area contributed by atoms with Crippen LogP contribution in [0.1, 0.15) is 11.1 Å².